The number of carboxylic acid groups (broad SMARTS) is 1. The Hall–Kier alpha value is -2.87. The second-order valence-corrected chi connectivity index (χ2v) is 6.18. The van der Waals surface area contributed by atoms with Crippen LogP contribution in [0.4, 0.5) is 4.79 Å². The zero-order valence-corrected chi connectivity index (χ0v) is 13.8. The molecule has 0 unspecified atom stereocenters. The summed E-state index contributed by atoms with van der Waals surface area (Å²) in [5.41, 5.74) is 1.80. The highest BCUT2D eigenvalue weighted by molar-refractivity contribution is 7.20. The summed E-state index contributed by atoms with van der Waals surface area (Å²) in [6.45, 7) is 2.32. The minimum atomic E-state index is -1.11. The number of fused-ring (bicyclic) bond motifs is 1. The van der Waals surface area contributed by atoms with E-state index < -0.39 is 6.09 Å². The summed E-state index contributed by atoms with van der Waals surface area (Å²) in [6, 6.07) is 11.6. The highest BCUT2D eigenvalue weighted by atomic mass is 32.1. The van der Waals surface area contributed by atoms with Gasteiger partial charge in [-0.15, -0.1) is 11.3 Å². The molecular weight excluding hydrogens is 328 g/mol. The van der Waals surface area contributed by atoms with Crippen LogP contribution in [0.1, 0.15) is 15.4 Å². The molecule has 0 aliphatic rings. The molecule has 3 N–H and O–H groups in total. The van der Waals surface area contributed by atoms with E-state index in [9.17, 15) is 9.59 Å². The molecule has 7 nitrogen and oxygen atoms in total. The third-order valence-electron chi connectivity index (χ3n) is 3.46. The number of aromatic nitrogens is 2. The molecule has 3 rings (SSSR count). The van der Waals surface area contributed by atoms with Crippen LogP contribution in [0.5, 0.6) is 0 Å². The van der Waals surface area contributed by atoms with Crippen molar-refractivity contribution >= 4 is 33.6 Å². The summed E-state index contributed by atoms with van der Waals surface area (Å²) in [7, 11) is 0. The van der Waals surface area contributed by atoms with E-state index in [0.717, 1.165) is 21.6 Å². The molecular formula is C16H16N4O3S. The number of amides is 2. The largest absolute Gasteiger partial charge is 0.465 e. The Balaban J connectivity index is 1.81. The number of aryl methyl sites for hydroxylation is 1. The fourth-order valence-corrected chi connectivity index (χ4v) is 3.44. The van der Waals surface area contributed by atoms with Gasteiger partial charge in [-0.05, 0) is 25.1 Å². The van der Waals surface area contributed by atoms with Gasteiger partial charge in [0.1, 0.15) is 4.83 Å². The number of hydrogen-bond donors (Lipinski definition) is 3. The maximum Gasteiger partial charge on any atom is 0.404 e. The van der Waals surface area contributed by atoms with Crippen LogP contribution in [0, 0.1) is 6.92 Å². The summed E-state index contributed by atoms with van der Waals surface area (Å²) < 4.78 is 1.83. The molecule has 2 aromatic heterocycles. The molecule has 0 aliphatic carbocycles. The Morgan fingerprint density at radius 3 is 2.62 bits per heavy atom. The first-order valence-corrected chi connectivity index (χ1v) is 8.17. The van der Waals surface area contributed by atoms with E-state index >= 15 is 0 Å². The average Bonchev–Trinajstić information content (AvgIpc) is 3.13. The summed E-state index contributed by atoms with van der Waals surface area (Å²) in [6.07, 6.45) is -1.11. The van der Waals surface area contributed by atoms with Crippen molar-refractivity contribution in [3.63, 3.8) is 0 Å². The van der Waals surface area contributed by atoms with Gasteiger partial charge in [0.25, 0.3) is 5.91 Å². The normalized spacial score (nSPS) is 10.7. The van der Waals surface area contributed by atoms with E-state index in [1.165, 1.54) is 11.3 Å². The lowest BCUT2D eigenvalue weighted by Gasteiger charge is -2.03. The first kappa shape index (κ1) is 16.0. The van der Waals surface area contributed by atoms with Crippen molar-refractivity contribution in [2.24, 2.45) is 0 Å². The van der Waals surface area contributed by atoms with Crippen molar-refractivity contribution in [1.82, 2.24) is 20.4 Å². The molecule has 0 atom stereocenters. The van der Waals surface area contributed by atoms with E-state index in [0.29, 0.717) is 4.88 Å². The summed E-state index contributed by atoms with van der Waals surface area (Å²) in [5.74, 6) is -0.220. The molecule has 0 bridgehead atoms. The predicted molar refractivity (Wildman–Crippen MR) is 92.0 cm³/mol. The Morgan fingerprint density at radius 2 is 1.92 bits per heavy atom. The van der Waals surface area contributed by atoms with Gasteiger partial charge in [0.05, 0.1) is 16.3 Å². The molecule has 8 heteroatoms. The Kier molecular flexibility index (Phi) is 4.48. The summed E-state index contributed by atoms with van der Waals surface area (Å²) in [5, 5.41) is 18.9. The molecule has 124 valence electrons. The molecule has 0 fully saturated rings. The van der Waals surface area contributed by atoms with E-state index in [1.54, 1.807) is 0 Å². The Labute approximate surface area is 141 Å². The third kappa shape index (κ3) is 3.23. The molecule has 24 heavy (non-hydrogen) atoms. The number of hydrogen-bond acceptors (Lipinski definition) is 4. The fraction of sp³-hybridized carbons (Fsp3) is 0.188. The molecule has 2 heterocycles. The number of thiophene rings is 1. The van der Waals surface area contributed by atoms with Gasteiger partial charge in [0, 0.05) is 18.5 Å². The van der Waals surface area contributed by atoms with Crippen molar-refractivity contribution in [3.8, 4) is 5.69 Å². The van der Waals surface area contributed by atoms with Gasteiger partial charge in [-0.25, -0.2) is 9.48 Å². The lowest BCUT2D eigenvalue weighted by molar-refractivity contribution is 0.0957. The quantitative estimate of drug-likeness (QED) is 0.619. The highest BCUT2D eigenvalue weighted by Gasteiger charge is 2.16. The monoisotopic (exact) mass is 344 g/mol. The third-order valence-corrected chi connectivity index (χ3v) is 4.57. The zero-order valence-electron chi connectivity index (χ0n) is 12.9. The first-order chi connectivity index (χ1) is 11.6. The smallest absolute Gasteiger partial charge is 0.404 e. The van der Waals surface area contributed by atoms with Gasteiger partial charge in [-0.3, -0.25) is 4.79 Å². The van der Waals surface area contributed by atoms with Gasteiger partial charge in [-0.2, -0.15) is 5.10 Å². The Bertz CT molecular complexity index is 886. The van der Waals surface area contributed by atoms with Gasteiger partial charge in [0.2, 0.25) is 0 Å². The number of carbonyl (C=O) groups is 2. The molecule has 2 amide bonds. The maximum absolute atomic E-state index is 12.2. The van der Waals surface area contributed by atoms with E-state index in [1.807, 2.05) is 48.0 Å². The molecule has 0 saturated heterocycles. The number of rotatable bonds is 5. The SMILES string of the molecule is Cc1nn(-c2ccccc2)c2sc(C(=O)NCCNC(=O)O)cc12. The van der Waals surface area contributed by atoms with Crippen molar-refractivity contribution < 1.29 is 14.7 Å². The predicted octanol–water partition coefficient (Wildman–Crippen LogP) is 2.39. The van der Waals surface area contributed by atoms with Crippen LogP contribution < -0.4 is 10.6 Å². The second kappa shape index (κ2) is 6.71. The van der Waals surface area contributed by atoms with E-state index in [4.69, 9.17) is 5.11 Å². The van der Waals surface area contributed by atoms with Crippen LogP contribution in [0.25, 0.3) is 15.9 Å². The van der Waals surface area contributed by atoms with Gasteiger partial charge >= 0.3 is 6.09 Å². The first-order valence-electron chi connectivity index (χ1n) is 7.36. The van der Waals surface area contributed by atoms with Gasteiger partial charge < -0.3 is 15.7 Å². The van der Waals surface area contributed by atoms with Crippen molar-refractivity contribution in [2.75, 3.05) is 13.1 Å². The molecule has 0 aliphatic heterocycles. The molecule has 3 aromatic rings. The van der Waals surface area contributed by atoms with Crippen molar-refractivity contribution in [3.05, 3.63) is 47.0 Å². The Morgan fingerprint density at radius 1 is 1.21 bits per heavy atom. The number of nitrogens with zero attached hydrogens (tertiary/aromatic N) is 2. The van der Waals surface area contributed by atoms with Gasteiger partial charge in [-0.1, -0.05) is 18.2 Å². The lowest BCUT2D eigenvalue weighted by Crippen LogP contribution is -2.33. The van der Waals surface area contributed by atoms with Crippen LogP contribution in [0.15, 0.2) is 36.4 Å². The van der Waals surface area contributed by atoms with Crippen LogP contribution in [0.2, 0.25) is 0 Å². The van der Waals surface area contributed by atoms with Crippen molar-refractivity contribution in [1.29, 1.82) is 0 Å². The minimum Gasteiger partial charge on any atom is -0.465 e. The number of para-hydroxylation sites is 1. The lowest BCUT2D eigenvalue weighted by atomic mass is 10.3. The molecule has 0 saturated carbocycles. The zero-order chi connectivity index (χ0) is 17.1. The molecule has 0 radical (unpaired) electrons. The maximum atomic E-state index is 12.2. The highest BCUT2D eigenvalue weighted by Crippen LogP contribution is 2.30. The average molecular weight is 344 g/mol. The number of benzene rings is 1. The van der Waals surface area contributed by atoms with Crippen LogP contribution in [-0.4, -0.2) is 40.0 Å². The number of nitrogens with one attached hydrogen (secondary N) is 2. The van der Waals surface area contributed by atoms with Crippen LogP contribution in [0.3, 0.4) is 0 Å². The second-order valence-electron chi connectivity index (χ2n) is 5.15. The van der Waals surface area contributed by atoms with Crippen LogP contribution in [-0.2, 0) is 0 Å². The van der Waals surface area contributed by atoms with Gasteiger partial charge in [0.15, 0.2) is 0 Å². The van der Waals surface area contributed by atoms with Crippen LogP contribution >= 0.6 is 11.3 Å². The summed E-state index contributed by atoms with van der Waals surface area (Å²) in [4.78, 5) is 24.1. The van der Waals surface area contributed by atoms with Crippen molar-refractivity contribution in [2.45, 2.75) is 6.92 Å². The fourth-order valence-electron chi connectivity index (χ4n) is 2.34. The minimum absolute atomic E-state index is 0.169. The number of carbonyl (C=O) groups excluding carboxylic acids is 1. The standard InChI is InChI=1S/C16H16N4O3S/c1-10-12-9-13(14(21)17-7-8-18-16(22)23)24-15(12)20(19-10)11-5-3-2-4-6-11/h2-6,9,18H,7-8H2,1H3,(H,17,21)(H,22,23). The molecule has 1 aromatic carbocycles. The van der Waals surface area contributed by atoms with E-state index in [-0.39, 0.29) is 19.0 Å². The topological polar surface area (TPSA) is 96.3 Å². The molecule has 0 spiro atoms. The van der Waals surface area contributed by atoms with E-state index in [2.05, 4.69) is 15.7 Å². The summed E-state index contributed by atoms with van der Waals surface area (Å²) >= 11 is 1.36.